The number of aliphatic imine (C=N–C) groups is 1. The van der Waals surface area contributed by atoms with Gasteiger partial charge >= 0.3 is 0 Å². The molecule has 3 N–H and O–H groups in total. The number of thiophene rings is 1. The number of phenolic OH excluding ortho intramolecular Hbond substituents is 1. The summed E-state index contributed by atoms with van der Waals surface area (Å²) in [7, 11) is 1.73. The van der Waals surface area contributed by atoms with Crippen LogP contribution < -0.4 is 15.5 Å². The van der Waals surface area contributed by atoms with Crippen LogP contribution in [-0.2, 0) is 6.54 Å². The highest BCUT2D eigenvalue weighted by atomic mass is 32.1. The van der Waals surface area contributed by atoms with Gasteiger partial charge in [-0.05, 0) is 48.1 Å². The minimum atomic E-state index is -0.608. The largest absolute Gasteiger partial charge is 0.505 e. The van der Waals surface area contributed by atoms with E-state index in [2.05, 4.69) is 38.0 Å². The zero-order chi connectivity index (χ0) is 17.6. The van der Waals surface area contributed by atoms with Crippen LogP contribution in [0.15, 0.2) is 40.7 Å². The molecule has 2 aromatic rings. The third-order valence-corrected chi connectivity index (χ3v) is 5.28. The van der Waals surface area contributed by atoms with Crippen LogP contribution in [0.1, 0.15) is 18.4 Å². The minimum Gasteiger partial charge on any atom is -0.505 e. The van der Waals surface area contributed by atoms with Crippen LogP contribution in [0.4, 0.5) is 9.39 Å². The van der Waals surface area contributed by atoms with Crippen molar-refractivity contribution in [2.45, 2.75) is 25.4 Å². The van der Waals surface area contributed by atoms with E-state index < -0.39 is 5.82 Å². The third-order valence-electron chi connectivity index (χ3n) is 4.35. The quantitative estimate of drug-likeness (QED) is 0.578. The van der Waals surface area contributed by atoms with Crippen LogP contribution in [0.25, 0.3) is 0 Å². The number of piperidine rings is 1. The summed E-state index contributed by atoms with van der Waals surface area (Å²) in [5.74, 6) is -0.227. The standard InChI is InChI=1S/C18H23FN4OS/c1-20-18(21-12-13-4-5-16(24)15(19)11-13)22-14-6-8-23(9-7-14)17-3-2-10-25-17/h2-5,10-11,14,24H,6-9,12H2,1H3,(H2,20,21,22). The second-order valence-corrected chi connectivity index (χ2v) is 6.99. The molecule has 5 nitrogen and oxygen atoms in total. The van der Waals surface area contributed by atoms with Crippen LogP contribution in [0, 0.1) is 5.82 Å². The number of phenols is 1. The van der Waals surface area contributed by atoms with E-state index in [1.54, 1.807) is 24.5 Å². The Labute approximate surface area is 151 Å². The summed E-state index contributed by atoms with van der Waals surface area (Å²) in [6.07, 6.45) is 2.10. The zero-order valence-electron chi connectivity index (χ0n) is 14.2. The van der Waals surface area contributed by atoms with E-state index in [9.17, 15) is 9.50 Å². The number of hydrogen-bond acceptors (Lipinski definition) is 4. The maximum Gasteiger partial charge on any atom is 0.191 e. The highest BCUT2D eigenvalue weighted by Crippen LogP contribution is 2.24. The average Bonchev–Trinajstić information content (AvgIpc) is 3.16. The van der Waals surface area contributed by atoms with E-state index in [4.69, 9.17) is 0 Å². The molecule has 0 saturated carbocycles. The van der Waals surface area contributed by atoms with E-state index >= 15 is 0 Å². The average molecular weight is 362 g/mol. The Morgan fingerprint density at radius 1 is 1.36 bits per heavy atom. The molecule has 0 radical (unpaired) electrons. The van der Waals surface area contributed by atoms with Gasteiger partial charge in [-0.1, -0.05) is 6.07 Å². The lowest BCUT2D eigenvalue weighted by Crippen LogP contribution is -2.48. The molecule has 2 heterocycles. The summed E-state index contributed by atoms with van der Waals surface area (Å²) in [6.45, 7) is 2.50. The lowest BCUT2D eigenvalue weighted by Gasteiger charge is -2.33. The molecule has 7 heteroatoms. The number of nitrogens with one attached hydrogen (secondary N) is 2. The predicted octanol–water partition coefficient (Wildman–Crippen LogP) is 2.93. The van der Waals surface area contributed by atoms with Gasteiger partial charge in [-0.3, -0.25) is 4.99 Å². The molecule has 0 unspecified atom stereocenters. The van der Waals surface area contributed by atoms with Gasteiger partial charge in [0.1, 0.15) is 0 Å². The molecule has 25 heavy (non-hydrogen) atoms. The van der Waals surface area contributed by atoms with Gasteiger partial charge in [0.15, 0.2) is 17.5 Å². The predicted molar refractivity (Wildman–Crippen MR) is 101 cm³/mol. The van der Waals surface area contributed by atoms with Crippen LogP contribution in [-0.4, -0.2) is 37.2 Å². The second-order valence-electron chi connectivity index (χ2n) is 6.07. The normalized spacial score (nSPS) is 16.1. The monoisotopic (exact) mass is 362 g/mol. The Balaban J connectivity index is 1.47. The van der Waals surface area contributed by atoms with Gasteiger partial charge in [-0.15, -0.1) is 11.3 Å². The van der Waals surface area contributed by atoms with Gasteiger partial charge in [0.25, 0.3) is 0 Å². The Bertz CT molecular complexity index is 712. The fourth-order valence-electron chi connectivity index (χ4n) is 2.93. The fraction of sp³-hybridized carbons (Fsp3) is 0.389. The molecule has 0 spiro atoms. The molecule has 1 aromatic carbocycles. The molecule has 3 rings (SSSR count). The summed E-state index contributed by atoms with van der Waals surface area (Å²) in [6, 6.07) is 9.01. The molecular formula is C18H23FN4OS. The van der Waals surface area contributed by atoms with Crippen molar-refractivity contribution in [3.05, 3.63) is 47.1 Å². The van der Waals surface area contributed by atoms with Gasteiger partial charge in [-0.25, -0.2) is 4.39 Å². The molecular weight excluding hydrogens is 339 g/mol. The van der Waals surface area contributed by atoms with Crippen molar-refractivity contribution in [1.82, 2.24) is 10.6 Å². The summed E-state index contributed by atoms with van der Waals surface area (Å²) < 4.78 is 13.4. The minimum absolute atomic E-state index is 0.330. The summed E-state index contributed by atoms with van der Waals surface area (Å²) >= 11 is 1.78. The van der Waals surface area contributed by atoms with E-state index in [-0.39, 0.29) is 5.75 Å². The molecule has 0 aliphatic carbocycles. The first kappa shape index (κ1) is 17.5. The third kappa shape index (κ3) is 4.63. The first-order valence-corrected chi connectivity index (χ1v) is 9.26. The number of hydrogen-bond donors (Lipinski definition) is 3. The SMILES string of the molecule is CN=C(NCc1ccc(O)c(F)c1)NC1CCN(c2cccs2)CC1. The van der Waals surface area contributed by atoms with Gasteiger partial charge < -0.3 is 20.6 Å². The van der Waals surface area contributed by atoms with Crippen LogP contribution in [0.5, 0.6) is 5.75 Å². The van der Waals surface area contributed by atoms with E-state index in [0.29, 0.717) is 18.5 Å². The number of benzene rings is 1. The number of nitrogens with zero attached hydrogens (tertiary/aromatic N) is 2. The zero-order valence-corrected chi connectivity index (χ0v) is 15.0. The van der Waals surface area contributed by atoms with Crippen molar-refractivity contribution in [3.63, 3.8) is 0 Å². The Morgan fingerprint density at radius 3 is 2.80 bits per heavy atom. The molecule has 1 aromatic heterocycles. The van der Waals surface area contributed by atoms with E-state index in [1.165, 1.54) is 17.1 Å². The van der Waals surface area contributed by atoms with Crippen molar-refractivity contribution < 1.29 is 9.50 Å². The summed E-state index contributed by atoms with van der Waals surface area (Å²) in [5.41, 5.74) is 0.755. The number of rotatable bonds is 4. The molecule has 1 aliphatic heterocycles. The highest BCUT2D eigenvalue weighted by molar-refractivity contribution is 7.14. The van der Waals surface area contributed by atoms with Crippen LogP contribution in [0.3, 0.4) is 0 Å². The number of aromatic hydroxyl groups is 1. The highest BCUT2D eigenvalue weighted by Gasteiger charge is 2.20. The topological polar surface area (TPSA) is 59.9 Å². The summed E-state index contributed by atoms with van der Waals surface area (Å²) in [4.78, 5) is 6.66. The Hall–Kier alpha value is -2.28. The lowest BCUT2D eigenvalue weighted by molar-refractivity contribution is 0.431. The first-order chi connectivity index (χ1) is 12.2. The Kier molecular flexibility index (Phi) is 5.75. The van der Waals surface area contributed by atoms with Crippen LogP contribution >= 0.6 is 11.3 Å². The van der Waals surface area contributed by atoms with Gasteiger partial charge in [-0.2, -0.15) is 0 Å². The van der Waals surface area contributed by atoms with Gasteiger partial charge in [0, 0.05) is 32.7 Å². The molecule has 1 fully saturated rings. The maximum atomic E-state index is 13.4. The summed E-state index contributed by atoms with van der Waals surface area (Å²) in [5, 5.41) is 19.3. The van der Waals surface area contributed by atoms with Crippen molar-refractivity contribution in [1.29, 1.82) is 0 Å². The second kappa shape index (κ2) is 8.20. The number of halogens is 1. The van der Waals surface area contributed by atoms with Crippen molar-refractivity contribution in [2.75, 3.05) is 25.0 Å². The molecule has 1 saturated heterocycles. The fourth-order valence-corrected chi connectivity index (χ4v) is 3.71. The number of guanidine groups is 1. The maximum absolute atomic E-state index is 13.4. The molecule has 1 aliphatic rings. The smallest absolute Gasteiger partial charge is 0.191 e. The molecule has 0 atom stereocenters. The number of anilines is 1. The molecule has 0 amide bonds. The van der Waals surface area contributed by atoms with Crippen molar-refractivity contribution in [3.8, 4) is 5.75 Å². The molecule has 0 bridgehead atoms. The lowest BCUT2D eigenvalue weighted by atomic mass is 10.1. The van der Waals surface area contributed by atoms with Crippen LogP contribution in [0.2, 0.25) is 0 Å². The van der Waals surface area contributed by atoms with E-state index in [0.717, 1.165) is 31.5 Å². The Morgan fingerprint density at radius 2 is 2.16 bits per heavy atom. The van der Waals surface area contributed by atoms with E-state index in [1.807, 2.05) is 0 Å². The van der Waals surface area contributed by atoms with Crippen molar-refractivity contribution >= 4 is 22.3 Å². The van der Waals surface area contributed by atoms with Crippen molar-refractivity contribution in [2.24, 2.45) is 4.99 Å². The molecule has 134 valence electrons. The van der Waals surface area contributed by atoms with Gasteiger partial charge in [0.05, 0.1) is 5.00 Å². The first-order valence-electron chi connectivity index (χ1n) is 8.38. The van der Waals surface area contributed by atoms with Gasteiger partial charge in [0.2, 0.25) is 0 Å².